The third kappa shape index (κ3) is 3.01. The van der Waals surface area contributed by atoms with Gasteiger partial charge in [0.25, 0.3) is 5.91 Å². The summed E-state index contributed by atoms with van der Waals surface area (Å²) in [4.78, 5) is 16.0. The molecule has 1 N–H and O–H groups in total. The number of thiazole rings is 1. The number of carbonyl (C=O) groups is 1. The minimum atomic E-state index is -0.0725. The van der Waals surface area contributed by atoms with E-state index in [9.17, 15) is 4.79 Å². The highest BCUT2D eigenvalue weighted by atomic mass is 32.1. The van der Waals surface area contributed by atoms with Crippen LogP contribution in [0.15, 0.2) is 48.5 Å². The number of para-hydroxylation sites is 1. The van der Waals surface area contributed by atoms with Crippen molar-refractivity contribution in [3.05, 3.63) is 64.7 Å². The molecule has 0 aliphatic rings. The van der Waals surface area contributed by atoms with Crippen molar-refractivity contribution in [2.75, 3.05) is 7.05 Å². The molecule has 0 saturated carbocycles. The number of carbonyl (C=O) groups excluding carboxylic acids is 1. The van der Waals surface area contributed by atoms with Gasteiger partial charge in [-0.3, -0.25) is 4.79 Å². The van der Waals surface area contributed by atoms with Crippen molar-refractivity contribution in [1.82, 2.24) is 10.3 Å². The topological polar surface area (TPSA) is 42.0 Å². The van der Waals surface area contributed by atoms with E-state index in [1.165, 1.54) is 4.70 Å². The molecule has 104 valence electrons. The van der Waals surface area contributed by atoms with Crippen LogP contribution in [-0.4, -0.2) is 17.9 Å². The van der Waals surface area contributed by atoms with E-state index in [1.54, 1.807) is 18.4 Å². The number of nitrogens with one attached hydrogen (secondary N) is 1. The number of hydrogen-bond donors (Lipinski definition) is 1. The first-order valence-electron chi connectivity index (χ1n) is 6.62. The van der Waals surface area contributed by atoms with E-state index < -0.39 is 0 Å². The smallest absolute Gasteiger partial charge is 0.251 e. The molecule has 0 bridgehead atoms. The summed E-state index contributed by atoms with van der Waals surface area (Å²) in [6.07, 6.45) is 4.00. The van der Waals surface area contributed by atoms with E-state index in [1.807, 2.05) is 54.6 Å². The molecule has 1 amide bonds. The molecule has 4 heteroatoms. The number of hydrogen-bond acceptors (Lipinski definition) is 3. The third-order valence-electron chi connectivity index (χ3n) is 3.13. The van der Waals surface area contributed by atoms with Crippen LogP contribution < -0.4 is 5.32 Å². The molecule has 3 aromatic rings. The van der Waals surface area contributed by atoms with Gasteiger partial charge in [0, 0.05) is 12.6 Å². The largest absolute Gasteiger partial charge is 0.355 e. The van der Waals surface area contributed by atoms with Crippen LogP contribution in [0.2, 0.25) is 0 Å². The molecule has 1 heterocycles. The van der Waals surface area contributed by atoms with Gasteiger partial charge in [0.15, 0.2) is 0 Å². The van der Waals surface area contributed by atoms with Gasteiger partial charge in [0.05, 0.1) is 10.2 Å². The zero-order chi connectivity index (χ0) is 14.7. The minimum Gasteiger partial charge on any atom is -0.355 e. The summed E-state index contributed by atoms with van der Waals surface area (Å²) in [7, 11) is 1.63. The van der Waals surface area contributed by atoms with Crippen molar-refractivity contribution >= 4 is 39.6 Å². The van der Waals surface area contributed by atoms with Crippen LogP contribution in [0.1, 0.15) is 20.9 Å². The summed E-state index contributed by atoms with van der Waals surface area (Å²) in [5, 5.41) is 3.59. The van der Waals surface area contributed by atoms with Crippen molar-refractivity contribution in [1.29, 1.82) is 0 Å². The molecule has 3 nitrogen and oxygen atoms in total. The van der Waals surface area contributed by atoms with E-state index in [2.05, 4.69) is 16.4 Å². The standard InChI is InChI=1S/C17H14N2OS/c1-18-17(20)13-9-6-12(7-10-13)8-11-16-19-14-4-2-3-5-15(14)21-16/h2-11H,1H3,(H,18,20)/b11-8+. The van der Waals surface area contributed by atoms with Gasteiger partial charge in [-0.1, -0.05) is 30.3 Å². The van der Waals surface area contributed by atoms with Crippen LogP contribution in [0.25, 0.3) is 22.4 Å². The molecular formula is C17H14N2OS. The van der Waals surface area contributed by atoms with E-state index in [-0.39, 0.29) is 5.91 Å². The predicted octanol–water partition coefficient (Wildman–Crippen LogP) is 3.83. The lowest BCUT2D eigenvalue weighted by Gasteiger charge is -1.99. The maximum Gasteiger partial charge on any atom is 0.251 e. The lowest BCUT2D eigenvalue weighted by molar-refractivity contribution is 0.0963. The Morgan fingerprint density at radius 2 is 1.86 bits per heavy atom. The quantitative estimate of drug-likeness (QED) is 0.797. The van der Waals surface area contributed by atoms with E-state index >= 15 is 0 Å². The number of nitrogens with zero attached hydrogens (tertiary/aromatic N) is 1. The zero-order valence-corrected chi connectivity index (χ0v) is 12.4. The monoisotopic (exact) mass is 294 g/mol. The Labute approximate surface area is 127 Å². The second kappa shape index (κ2) is 5.89. The second-order valence-electron chi connectivity index (χ2n) is 4.55. The molecule has 0 aliphatic carbocycles. The van der Waals surface area contributed by atoms with Crippen LogP contribution in [0, 0.1) is 0 Å². The number of amides is 1. The van der Waals surface area contributed by atoms with E-state index in [0.717, 1.165) is 16.1 Å². The van der Waals surface area contributed by atoms with Gasteiger partial charge in [-0.15, -0.1) is 11.3 Å². The maximum atomic E-state index is 11.5. The third-order valence-corrected chi connectivity index (χ3v) is 4.13. The normalized spacial score (nSPS) is 11.1. The second-order valence-corrected chi connectivity index (χ2v) is 5.62. The molecule has 0 unspecified atom stereocenters. The Morgan fingerprint density at radius 3 is 2.57 bits per heavy atom. The average Bonchev–Trinajstić information content (AvgIpc) is 2.95. The Balaban J connectivity index is 1.80. The molecule has 0 fully saturated rings. The van der Waals surface area contributed by atoms with E-state index in [4.69, 9.17) is 0 Å². The van der Waals surface area contributed by atoms with Gasteiger partial charge in [0.2, 0.25) is 0 Å². The van der Waals surface area contributed by atoms with Crippen LogP contribution in [0.4, 0.5) is 0 Å². The maximum absolute atomic E-state index is 11.5. The van der Waals surface area contributed by atoms with Crippen LogP contribution >= 0.6 is 11.3 Å². The average molecular weight is 294 g/mol. The summed E-state index contributed by atoms with van der Waals surface area (Å²) in [5.74, 6) is -0.0725. The molecule has 1 aromatic heterocycles. The SMILES string of the molecule is CNC(=O)c1ccc(/C=C/c2nc3ccccc3s2)cc1. The van der Waals surface area contributed by atoms with Crippen molar-refractivity contribution in [2.24, 2.45) is 0 Å². The molecule has 0 aliphatic heterocycles. The van der Waals surface area contributed by atoms with Crippen molar-refractivity contribution in [3.63, 3.8) is 0 Å². The fourth-order valence-electron chi connectivity index (χ4n) is 2.02. The van der Waals surface area contributed by atoms with Gasteiger partial charge >= 0.3 is 0 Å². The highest BCUT2D eigenvalue weighted by molar-refractivity contribution is 7.19. The molecule has 21 heavy (non-hydrogen) atoms. The Hall–Kier alpha value is -2.46. The molecule has 2 aromatic carbocycles. The predicted molar refractivity (Wildman–Crippen MR) is 88.4 cm³/mol. The van der Waals surface area contributed by atoms with Crippen molar-refractivity contribution < 1.29 is 4.79 Å². The molecule has 0 atom stereocenters. The van der Waals surface area contributed by atoms with Crippen LogP contribution in [0.3, 0.4) is 0 Å². The van der Waals surface area contributed by atoms with Gasteiger partial charge in [0.1, 0.15) is 5.01 Å². The number of fused-ring (bicyclic) bond motifs is 1. The van der Waals surface area contributed by atoms with Gasteiger partial charge in [-0.05, 0) is 35.9 Å². The van der Waals surface area contributed by atoms with Crippen LogP contribution in [-0.2, 0) is 0 Å². The molecule has 0 radical (unpaired) electrons. The lowest BCUT2D eigenvalue weighted by Crippen LogP contribution is -2.17. The Morgan fingerprint density at radius 1 is 1.10 bits per heavy atom. The summed E-state index contributed by atoms with van der Waals surface area (Å²) >= 11 is 1.67. The summed E-state index contributed by atoms with van der Waals surface area (Å²) in [5.41, 5.74) is 2.73. The molecule has 0 spiro atoms. The first kappa shape index (κ1) is 13.5. The number of benzene rings is 2. The fraction of sp³-hybridized carbons (Fsp3) is 0.0588. The minimum absolute atomic E-state index is 0.0725. The summed E-state index contributed by atoms with van der Waals surface area (Å²) in [6.45, 7) is 0. The number of rotatable bonds is 3. The molecule has 3 rings (SSSR count). The van der Waals surface area contributed by atoms with Crippen LogP contribution in [0.5, 0.6) is 0 Å². The first-order chi connectivity index (χ1) is 10.3. The molecular weight excluding hydrogens is 280 g/mol. The highest BCUT2D eigenvalue weighted by Gasteiger charge is 2.02. The zero-order valence-electron chi connectivity index (χ0n) is 11.5. The first-order valence-corrected chi connectivity index (χ1v) is 7.44. The van der Waals surface area contributed by atoms with Gasteiger partial charge in [-0.2, -0.15) is 0 Å². The highest BCUT2D eigenvalue weighted by Crippen LogP contribution is 2.23. The fourth-order valence-corrected chi connectivity index (χ4v) is 2.89. The Bertz CT molecular complexity index is 770. The molecule has 0 saturated heterocycles. The summed E-state index contributed by atoms with van der Waals surface area (Å²) < 4.78 is 1.19. The van der Waals surface area contributed by atoms with Crippen molar-refractivity contribution in [3.8, 4) is 0 Å². The van der Waals surface area contributed by atoms with Crippen molar-refractivity contribution in [2.45, 2.75) is 0 Å². The lowest BCUT2D eigenvalue weighted by atomic mass is 10.1. The summed E-state index contributed by atoms with van der Waals surface area (Å²) in [6, 6.07) is 15.6. The van der Waals surface area contributed by atoms with E-state index in [0.29, 0.717) is 5.56 Å². The van der Waals surface area contributed by atoms with Gasteiger partial charge in [-0.25, -0.2) is 4.98 Å². The number of aromatic nitrogens is 1. The Kier molecular flexibility index (Phi) is 3.79. The van der Waals surface area contributed by atoms with Gasteiger partial charge < -0.3 is 5.32 Å².